The van der Waals surface area contributed by atoms with Crippen molar-refractivity contribution in [3.63, 3.8) is 0 Å². The van der Waals surface area contributed by atoms with Gasteiger partial charge in [0.2, 0.25) is 0 Å². The molecule has 1 rings (SSSR count). The second kappa shape index (κ2) is 6.59. The van der Waals surface area contributed by atoms with Crippen LogP contribution < -0.4 is 0 Å². The molecule has 2 nitrogen and oxygen atoms in total. The molecule has 1 atom stereocenters. The van der Waals surface area contributed by atoms with Crippen molar-refractivity contribution in [1.29, 1.82) is 0 Å². The minimum Gasteiger partial charge on any atom is -0.293 e. The molecule has 0 aliphatic carbocycles. The molecule has 1 aromatic rings. The van der Waals surface area contributed by atoms with E-state index >= 15 is 0 Å². The van der Waals surface area contributed by atoms with E-state index in [2.05, 4.69) is 6.92 Å². The van der Waals surface area contributed by atoms with Crippen molar-refractivity contribution in [2.75, 3.05) is 11.5 Å². The van der Waals surface area contributed by atoms with E-state index in [0.717, 1.165) is 18.4 Å². The molecule has 0 heterocycles. The van der Waals surface area contributed by atoms with Crippen molar-refractivity contribution in [3.8, 4) is 0 Å². The van der Waals surface area contributed by atoms with Gasteiger partial charge in [0.25, 0.3) is 0 Å². The molecule has 1 unspecified atom stereocenters. The smallest absolute Gasteiger partial charge is 0.175 e. The predicted molar refractivity (Wildman–Crippen MR) is 68.3 cm³/mol. The van der Waals surface area contributed by atoms with Crippen LogP contribution in [-0.4, -0.2) is 21.5 Å². The van der Waals surface area contributed by atoms with E-state index in [1.165, 1.54) is 0 Å². The topological polar surface area (TPSA) is 34.1 Å². The van der Waals surface area contributed by atoms with Crippen LogP contribution in [0.3, 0.4) is 0 Å². The lowest BCUT2D eigenvalue weighted by Crippen LogP contribution is -2.14. The summed E-state index contributed by atoms with van der Waals surface area (Å²) in [4.78, 5) is 11.8. The Kier molecular flexibility index (Phi) is 5.39. The van der Waals surface area contributed by atoms with Crippen LogP contribution in [0.25, 0.3) is 0 Å². The molecule has 0 amide bonds. The highest BCUT2D eigenvalue weighted by Crippen LogP contribution is 2.08. The number of carbonyl (C=O) groups excluding carboxylic acids is 1. The van der Waals surface area contributed by atoms with Gasteiger partial charge < -0.3 is 0 Å². The molecule has 88 valence electrons. The fourth-order valence-electron chi connectivity index (χ4n) is 1.49. The Balaban J connectivity index is 2.59. The Hall–Kier alpha value is -0.960. The summed E-state index contributed by atoms with van der Waals surface area (Å²) in [6.07, 6.45) is 1.94. The highest BCUT2D eigenvalue weighted by atomic mass is 32.2. The van der Waals surface area contributed by atoms with E-state index in [-0.39, 0.29) is 11.5 Å². The number of carbonyl (C=O) groups is 1. The van der Waals surface area contributed by atoms with Gasteiger partial charge in [-0.05, 0) is 18.9 Å². The first-order chi connectivity index (χ1) is 7.65. The normalized spacial score (nSPS) is 12.4. The summed E-state index contributed by atoms with van der Waals surface area (Å²) in [5.74, 6) is 0.784. The molecular weight excluding hydrogens is 220 g/mol. The number of ketones is 1. The van der Waals surface area contributed by atoms with Gasteiger partial charge >= 0.3 is 0 Å². The SMILES string of the molecule is CCCCS(=O)CC(=O)c1ccccc1C. The van der Waals surface area contributed by atoms with Crippen LogP contribution in [0.4, 0.5) is 0 Å². The first kappa shape index (κ1) is 13.1. The molecule has 0 bridgehead atoms. The number of benzene rings is 1. The van der Waals surface area contributed by atoms with Crippen LogP contribution in [0.1, 0.15) is 35.7 Å². The van der Waals surface area contributed by atoms with Gasteiger partial charge in [0.15, 0.2) is 5.78 Å². The lowest BCUT2D eigenvalue weighted by atomic mass is 10.1. The minimum atomic E-state index is -1.01. The number of hydrogen-bond acceptors (Lipinski definition) is 2. The zero-order valence-corrected chi connectivity index (χ0v) is 10.7. The molecule has 0 aliphatic rings. The van der Waals surface area contributed by atoms with Gasteiger partial charge in [0.05, 0.1) is 5.75 Å². The summed E-state index contributed by atoms with van der Waals surface area (Å²) in [6.45, 7) is 3.96. The summed E-state index contributed by atoms with van der Waals surface area (Å²) in [5, 5.41) is 0. The average Bonchev–Trinajstić information content (AvgIpc) is 2.26. The van der Waals surface area contributed by atoms with Gasteiger partial charge in [-0.3, -0.25) is 9.00 Å². The third-order valence-electron chi connectivity index (χ3n) is 2.46. The number of rotatable bonds is 6. The first-order valence-corrected chi connectivity index (χ1v) is 7.07. The van der Waals surface area contributed by atoms with E-state index in [9.17, 15) is 9.00 Å². The van der Waals surface area contributed by atoms with Gasteiger partial charge in [-0.1, -0.05) is 37.6 Å². The Morgan fingerprint density at radius 3 is 2.62 bits per heavy atom. The number of unbranched alkanes of at least 4 members (excludes halogenated alkanes) is 1. The quantitative estimate of drug-likeness (QED) is 0.714. The molecule has 0 radical (unpaired) electrons. The zero-order chi connectivity index (χ0) is 12.0. The standard InChI is InChI=1S/C13H18O2S/c1-3-4-9-16(15)10-13(14)12-8-6-5-7-11(12)2/h5-8H,3-4,9-10H2,1-2H3. The molecule has 0 saturated carbocycles. The largest absolute Gasteiger partial charge is 0.293 e. The molecular formula is C13H18O2S. The second-order valence-corrected chi connectivity index (χ2v) is 5.46. The van der Waals surface area contributed by atoms with E-state index in [4.69, 9.17) is 0 Å². The number of Topliss-reactive ketones (excluding diaryl/α,β-unsaturated/α-hetero) is 1. The molecule has 0 saturated heterocycles. The van der Waals surface area contributed by atoms with Gasteiger partial charge in [-0.25, -0.2) is 0 Å². The van der Waals surface area contributed by atoms with E-state index in [0.29, 0.717) is 11.3 Å². The van der Waals surface area contributed by atoms with E-state index in [1.54, 1.807) is 6.07 Å². The highest BCUT2D eigenvalue weighted by molar-refractivity contribution is 7.85. The van der Waals surface area contributed by atoms with Gasteiger partial charge in [0, 0.05) is 22.1 Å². The summed E-state index contributed by atoms with van der Waals surface area (Å²) < 4.78 is 11.6. The molecule has 16 heavy (non-hydrogen) atoms. The molecule has 0 N–H and O–H groups in total. The van der Waals surface area contributed by atoms with Crippen molar-refractivity contribution in [2.24, 2.45) is 0 Å². The maximum Gasteiger partial charge on any atom is 0.175 e. The summed E-state index contributed by atoms with van der Waals surface area (Å²) in [5.41, 5.74) is 1.66. The van der Waals surface area contributed by atoms with Crippen molar-refractivity contribution >= 4 is 16.6 Å². The van der Waals surface area contributed by atoms with Gasteiger partial charge in [0.1, 0.15) is 0 Å². The third-order valence-corrected chi connectivity index (χ3v) is 3.79. The van der Waals surface area contributed by atoms with Gasteiger partial charge in [-0.15, -0.1) is 0 Å². The van der Waals surface area contributed by atoms with Crippen LogP contribution in [-0.2, 0) is 10.8 Å². The fourth-order valence-corrected chi connectivity index (χ4v) is 2.69. The molecule has 0 aromatic heterocycles. The summed E-state index contributed by atoms with van der Waals surface area (Å²) in [7, 11) is -1.01. The Morgan fingerprint density at radius 1 is 1.31 bits per heavy atom. The zero-order valence-electron chi connectivity index (χ0n) is 9.86. The number of aryl methyl sites for hydroxylation is 1. The fraction of sp³-hybridized carbons (Fsp3) is 0.462. The minimum absolute atomic E-state index is 0.00691. The monoisotopic (exact) mass is 238 g/mol. The lowest BCUT2D eigenvalue weighted by molar-refractivity contribution is 0.102. The second-order valence-electron chi connectivity index (χ2n) is 3.88. The summed E-state index contributed by atoms with van der Waals surface area (Å²) in [6, 6.07) is 7.45. The highest BCUT2D eigenvalue weighted by Gasteiger charge is 2.11. The predicted octanol–water partition coefficient (Wildman–Crippen LogP) is 2.73. The summed E-state index contributed by atoms with van der Waals surface area (Å²) >= 11 is 0. The van der Waals surface area contributed by atoms with Crippen LogP contribution in [0.2, 0.25) is 0 Å². The van der Waals surface area contributed by atoms with Gasteiger partial charge in [-0.2, -0.15) is 0 Å². The first-order valence-electron chi connectivity index (χ1n) is 5.59. The Bertz CT molecular complexity index is 385. The lowest BCUT2D eigenvalue weighted by Gasteiger charge is -2.04. The maximum atomic E-state index is 11.8. The van der Waals surface area contributed by atoms with Crippen LogP contribution >= 0.6 is 0 Å². The molecule has 1 aromatic carbocycles. The number of hydrogen-bond donors (Lipinski definition) is 0. The van der Waals surface area contributed by atoms with E-state index < -0.39 is 10.8 Å². The Morgan fingerprint density at radius 2 is 2.00 bits per heavy atom. The van der Waals surface area contributed by atoms with Crippen LogP contribution in [0, 0.1) is 6.92 Å². The molecule has 0 spiro atoms. The third kappa shape index (κ3) is 3.89. The van der Waals surface area contributed by atoms with Crippen molar-refractivity contribution in [3.05, 3.63) is 35.4 Å². The Labute approximate surface area is 99.5 Å². The van der Waals surface area contributed by atoms with Crippen LogP contribution in [0.15, 0.2) is 24.3 Å². The van der Waals surface area contributed by atoms with Crippen LogP contribution in [0.5, 0.6) is 0 Å². The van der Waals surface area contributed by atoms with Crippen molar-refractivity contribution in [2.45, 2.75) is 26.7 Å². The van der Waals surface area contributed by atoms with Crippen molar-refractivity contribution < 1.29 is 9.00 Å². The van der Waals surface area contributed by atoms with E-state index in [1.807, 2.05) is 25.1 Å². The average molecular weight is 238 g/mol. The van der Waals surface area contributed by atoms with Crippen molar-refractivity contribution in [1.82, 2.24) is 0 Å². The molecule has 0 fully saturated rings. The molecule has 0 aliphatic heterocycles. The maximum absolute atomic E-state index is 11.8. The molecule has 3 heteroatoms.